The zero-order chi connectivity index (χ0) is 14.6. The molecule has 5 nitrogen and oxygen atoms in total. The van der Waals surface area contributed by atoms with E-state index in [0.29, 0.717) is 6.42 Å². The highest BCUT2D eigenvalue weighted by Gasteiger charge is 2.40. The number of aromatic nitrogens is 2. The number of rotatable bonds is 7. The van der Waals surface area contributed by atoms with E-state index >= 15 is 0 Å². The first-order valence-electron chi connectivity index (χ1n) is 7.40. The molecule has 1 atom stereocenters. The van der Waals surface area contributed by atoms with Crippen LogP contribution in [0.4, 0.5) is 0 Å². The number of hydrogen-bond acceptors (Lipinski definition) is 4. The van der Waals surface area contributed by atoms with Crippen molar-refractivity contribution in [2.75, 3.05) is 24.6 Å². The fourth-order valence-electron chi connectivity index (χ4n) is 2.68. The molecule has 0 spiro atoms. The maximum atomic E-state index is 11.6. The van der Waals surface area contributed by atoms with Gasteiger partial charge in [-0.05, 0) is 51.3 Å². The van der Waals surface area contributed by atoms with Crippen molar-refractivity contribution in [1.82, 2.24) is 15.1 Å². The average molecular weight is 299 g/mol. The van der Waals surface area contributed by atoms with E-state index in [2.05, 4.69) is 17.3 Å². The van der Waals surface area contributed by atoms with Crippen LogP contribution < -0.4 is 5.32 Å². The predicted octanol–water partition coefficient (Wildman–Crippen LogP) is 1.35. The molecule has 1 unspecified atom stereocenters. The number of nitrogens with one attached hydrogen (secondary N) is 1. The van der Waals surface area contributed by atoms with Gasteiger partial charge in [-0.25, -0.2) is 8.42 Å². The molecule has 0 bridgehead atoms. The average Bonchev–Trinajstić information content (AvgIpc) is 2.95. The molecule has 1 aliphatic heterocycles. The highest BCUT2D eigenvalue weighted by atomic mass is 32.2. The first-order valence-corrected chi connectivity index (χ1v) is 9.22. The summed E-state index contributed by atoms with van der Waals surface area (Å²) in [5.41, 5.74) is 0.825. The molecule has 1 N–H and O–H groups in total. The van der Waals surface area contributed by atoms with E-state index in [4.69, 9.17) is 0 Å². The highest BCUT2D eigenvalue weighted by molar-refractivity contribution is 7.91. The van der Waals surface area contributed by atoms with Crippen molar-refractivity contribution in [2.24, 2.45) is 0 Å². The van der Waals surface area contributed by atoms with E-state index < -0.39 is 9.84 Å². The summed E-state index contributed by atoms with van der Waals surface area (Å²) in [6, 6.07) is 0. The molecule has 1 aromatic rings. The predicted molar refractivity (Wildman–Crippen MR) is 80.6 cm³/mol. The second-order valence-electron chi connectivity index (χ2n) is 5.99. The molecule has 0 aliphatic carbocycles. The van der Waals surface area contributed by atoms with E-state index in [1.165, 1.54) is 5.56 Å². The lowest BCUT2D eigenvalue weighted by atomic mass is 10.0. The highest BCUT2D eigenvalue weighted by Crippen LogP contribution is 2.30. The Hall–Kier alpha value is -0.880. The van der Waals surface area contributed by atoms with Gasteiger partial charge in [0.05, 0.1) is 23.2 Å². The molecule has 1 aliphatic rings. The van der Waals surface area contributed by atoms with Gasteiger partial charge in [0.2, 0.25) is 0 Å². The van der Waals surface area contributed by atoms with E-state index in [-0.39, 0.29) is 17.0 Å². The van der Waals surface area contributed by atoms with Crippen LogP contribution in [0.5, 0.6) is 0 Å². The fourth-order valence-corrected chi connectivity index (χ4v) is 4.80. The second kappa shape index (κ2) is 6.26. The SMILES string of the molecule is CCCNCCCc1cnn(C2(C)CCS(=O)(=O)C2)c1. The molecule has 20 heavy (non-hydrogen) atoms. The normalized spacial score (nSPS) is 25.1. The molecule has 1 fully saturated rings. The quantitative estimate of drug-likeness (QED) is 0.772. The van der Waals surface area contributed by atoms with E-state index in [0.717, 1.165) is 32.4 Å². The molecule has 6 heteroatoms. The minimum atomic E-state index is -2.89. The lowest BCUT2D eigenvalue weighted by molar-refractivity contribution is 0.328. The Morgan fingerprint density at radius 2 is 2.25 bits per heavy atom. The maximum Gasteiger partial charge on any atom is 0.152 e. The van der Waals surface area contributed by atoms with Crippen molar-refractivity contribution in [1.29, 1.82) is 0 Å². The van der Waals surface area contributed by atoms with Gasteiger partial charge in [0.1, 0.15) is 0 Å². The van der Waals surface area contributed by atoms with Gasteiger partial charge in [0.25, 0.3) is 0 Å². The molecular weight excluding hydrogens is 274 g/mol. The van der Waals surface area contributed by atoms with Crippen molar-refractivity contribution in [3.63, 3.8) is 0 Å². The third-order valence-electron chi connectivity index (χ3n) is 3.92. The van der Waals surface area contributed by atoms with E-state index in [1.54, 1.807) is 0 Å². The Morgan fingerprint density at radius 3 is 2.90 bits per heavy atom. The van der Waals surface area contributed by atoms with Crippen molar-refractivity contribution >= 4 is 9.84 Å². The van der Waals surface area contributed by atoms with Crippen LogP contribution in [0.1, 0.15) is 38.7 Å². The zero-order valence-electron chi connectivity index (χ0n) is 12.4. The molecule has 0 aromatic carbocycles. The Bertz CT molecular complexity index is 538. The van der Waals surface area contributed by atoms with Gasteiger partial charge in [-0.15, -0.1) is 0 Å². The Balaban J connectivity index is 1.89. The van der Waals surface area contributed by atoms with Crippen LogP contribution in [0.25, 0.3) is 0 Å². The smallest absolute Gasteiger partial charge is 0.152 e. The van der Waals surface area contributed by atoms with Gasteiger partial charge in [-0.1, -0.05) is 6.92 Å². The molecule has 0 radical (unpaired) electrons. The summed E-state index contributed by atoms with van der Waals surface area (Å²) in [5.74, 6) is 0.485. The number of hydrogen-bond donors (Lipinski definition) is 1. The minimum absolute atomic E-state index is 0.208. The third kappa shape index (κ3) is 3.82. The molecule has 2 rings (SSSR count). The summed E-state index contributed by atoms with van der Waals surface area (Å²) in [5, 5.41) is 7.76. The molecule has 114 valence electrons. The summed E-state index contributed by atoms with van der Waals surface area (Å²) in [6.45, 7) is 6.23. The first kappa shape index (κ1) is 15.5. The van der Waals surface area contributed by atoms with Crippen LogP contribution in [-0.4, -0.2) is 42.8 Å². The minimum Gasteiger partial charge on any atom is -0.317 e. The van der Waals surface area contributed by atoms with Gasteiger partial charge in [0.15, 0.2) is 9.84 Å². The van der Waals surface area contributed by atoms with Crippen molar-refractivity contribution in [3.8, 4) is 0 Å². The third-order valence-corrected chi connectivity index (χ3v) is 5.81. The Kier molecular flexibility index (Phi) is 4.86. The number of aryl methyl sites for hydroxylation is 1. The summed E-state index contributed by atoms with van der Waals surface area (Å²) in [6.07, 6.45) is 7.77. The van der Waals surface area contributed by atoms with Crippen LogP contribution in [0.2, 0.25) is 0 Å². The Morgan fingerprint density at radius 1 is 1.45 bits per heavy atom. The molecule has 1 saturated heterocycles. The Labute approximate surface area is 121 Å². The van der Waals surface area contributed by atoms with Crippen LogP contribution in [0.15, 0.2) is 12.4 Å². The van der Waals surface area contributed by atoms with Gasteiger partial charge < -0.3 is 5.32 Å². The van der Waals surface area contributed by atoms with Crippen LogP contribution in [0, 0.1) is 0 Å². The van der Waals surface area contributed by atoms with Gasteiger partial charge in [-0.2, -0.15) is 5.10 Å². The number of sulfone groups is 1. The largest absolute Gasteiger partial charge is 0.317 e. The lowest BCUT2D eigenvalue weighted by Crippen LogP contribution is -2.31. The summed E-state index contributed by atoms with van der Waals surface area (Å²) in [7, 11) is -2.89. The van der Waals surface area contributed by atoms with E-state index in [1.807, 2.05) is 24.0 Å². The standard InChI is InChI=1S/C14H25N3O2S/c1-3-7-15-8-4-5-13-10-16-17(11-13)14(2)6-9-20(18,19)12-14/h10-11,15H,3-9,12H2,1-2H3. The summed E-state index contributed by atoms with van der Waals surface area (Å²) >= 11 is 0. The maximum absolute atomic E-state index is 11.6. The molecule has 1 aromatic heterocycles. The van der Waals surface area contributed by atoms with Crippen LogP contribution in [-0.2, 0) is 21.8 Å². The summed E-state index contributed by atoms with van der Waals surface area (Å²) < 4.78 is 25.2. The molecular formula is C14H25N3O2S. The molecule has 0 saturated carbocycles. The molecule has 2 heterocycles. The van der Waals surface area contributed by atoms with Crippen molar-refractivity contribution in [3.05, 3.63) is 18.0 Å². The lowest BCUT2D eigenvalue weighted by Gasteiger charge is -2.22. The monoisotopic (exact) mass is 299 g/mol. The summed E-state index contributed by atoms with van der Waals surface area (Å²) in [4.78, 5) is 0. The van der Waals surface area contributed by atoms with Crippen LogP contribution >= 0.6 is 0 Å². The van der Waals surface area contributed by atoms with Gasteiger partial charge in [-0.3, -0.25) is 4.68 Å². The van der Waals surface area contributed by atoms with Gasteiger partial charge >= 0.3 is 0 Å². The fraction of sp³-hybridized carbons (Fsp3) is 0.786. The van der Waals surface area contributed by atoms with Crippen LogP contribution in [0.3, 0.4) is 0 Å². The second-order valence-corrected chi connectivity index (χ2v) is 8.17. The van der Waals surface area contributed by atoms with Crippen molar-refractivity contribution < 1.29 is 8.42 Å². The molecule has 0 amide bonds. The topological polar surface area (TPSA) is 64.0 Å². The van der Waals surface area contributed by atoms with Gasteiger partial charge in [0, 0.05) is 6.20 Å². The number of nitrogens with zero attached hydrogens (tertiary/aromatic N) is 2. The van der Waals surface area contributed by atoms with E-state index in [9.17, 15) is 8.42 Å². The zero-order valence-corrected chi connectivity index (χ0v) is 13.2. The first-order chi connectivity index (χ1) is 9.45. The van der Waals surface area contributed by atoms with Crippen molar-refractivity contribution in [2.45, 2.75) is 45.1 Å².